The van der Waals surface area contributed by atoms with Gasteiger partial charge in [0.2, 0.25) is 11.8 Å². The minimum absolute atomic E-state index is 0.132. The van der Waals surface area contributed by atoms with Gasteiger partial charge in [-0.3, -0.25) is 14.5 Å². The zero-order valence-electron chi connectivity index (χ0n) is 24.9. The number of nitrogens with one attached hydrogen (secondary N) is 1. The van der Waals surface area contributed by atoms with Gasteiger partial charge in [-0.1, -0.05) is 57.2 Å². The minimum Gasteiger partial charge on any atom is -0.493 e. The predicted molar refractivity (Wildman–Crippen MR) is 167 cm³/mol. The summed E-state index contributed by atoms with van der Waals surface area (Å²) >= 11 is 1.47. The second kappa shape index (κ2) is 12.5. The number of benzene rings is 3. The van der Waals surface area contributed by atoms with E-state index in [-0.39, 0.29) is 35.2 Å². The molecule has 224 valence electrons. The Morgan fingerprint density at radius 2 is 1.72 bits per heavy atom. The highest BCUT2D eigenvalue weighted by molar-refractivity contribution is 8.00. The molecule has 2 heterocycles. The Morgan fingerprint density at radius 3 is 2.37 bits per heavy atom. The molecule has 1 atom stereocenters. The van der Waals surface area contributed by atoms with Gasteiger partial charge in [0, 0.05) is 17.5 Å². The van der Waals surface area contributed by atoms with Gasteiger partial charge in [-0.25, -0.2) is 9.07 Å². The monoisotopic (exact) mass is 602 g/mol. The van der Waals surface area contributed by atoms with Gasteiger partial charge in [-0.2, -0.15) is 5.10 Å². The first-order valence-electron chi connectivity index (χ1n) is 13.9. The van der Waals surface area contributed by atoms with Crippen molar-refractivity contribution < 1.29 is 23.5 Å². The average molecular weight is 603 g/mol. The topological polar surface area (TPSA) is 85.7 Å². The Bertz CT molecular complexity index is 1620. The molecule has 2 amide bonds. The molecule has 0 saturated carbocycles. The third kappa shape index (κ3) is 6.39. The predicted octanol–water partition coefficient (Wildman–Crippen LogP) is 5.81. The number of carbonyl (C=O) groups is 2. The van der Waals surface area contributed by atoms with E-state index in [4.69, 9.17) is 14.6 Å². The fourth-order valence-electron chi connectivity index (χ4n) is 5.11. The number of carbonyl (C=O) groups excluding carboxylic acids is 2. The van der Waals surface area contributed by atoms with Gasteiger partial charge in [0.25, 0.3) is 0 Å². The number of amides is 2. The van der Waals surface area contributed by atoms with Gasteiger partial charge in [0.1, 0.15) is 18.2 Å². The molecule has 10 heteroatoms. The number of hydrogen-bond acceptors (Lipinski definition) is 6. The van der Waals surface area contributed by atoms with Crippen LogP contribution in [0.25, 0.3) is 5.69 Å². The van der Waals surface area contributed by atoms with Crippen molar-refractivity contribution in [3.8, 4) is 17.2 Å². The normalized spacial score (nSPS) is 15.1. The molecule has 0 aliphatic carbocycles. The first-order chi connectivity index (χ1) is 20.6. The summed E-state index contributed by atoms with van der Waals surface area (Å²) < 4.78 is 26.7. The van der Waals surface area contributed by atoms with Crippen LogP contribution >= 0.6 is 11.8 Å². The molecule has 43 heavy (non-hydrogen) atoms. The zero-order valence-corrected chi connectivity index (χ0v) is 25.7. The number of anilines is 1. The molecule has 3 aromatic carbocycles. The Morgan fingerprint density at radius 1 is 1.02 bits per heavy atom. The van der Waals surface area contributed by atoms with E-state index in [9.17, 15) is 14.0 Å². The van der Waals surface area contributed by atoms with E-state index in [1.165, 1.54) is 28.8 Å². The van der Waals surface area contributed by atoms with Crippen molar-refractivity contribution in [1.82, 2.24) is 15.1 Å². The molecule has 4 aromatic rings. The lowest BCUT2D eigenvalue weighted by molar-refractivity contribution is -0.123. The largest absolute Gasteiger partial charge is 0.493 e. The number of ether oxygens (including phenoxy) is 2. The molecule has 0 saturated heterocycles. The van der Waals surface area contributed by atoms with E-state index in [0.717, 1.165) is 22.4 Å². The number of methoxy groups -OCH3 is 2. The van der Waals surface area contributed by atoms with Crippen LogP contribution < -0.4 is 19.7 Å². The van der Waals surface area contributed by atoms with Crippen molar-refractivity contribution in [2.24, 2.45) is 0 Å². The van der Waals surface area contributed by atoms with Crippen molar-refractivity contribution in [1.29, 1.82) is 0 Å². The van der Waals surface area contributed by atoms with Crippen LogP contribution in [0.2, 0.25) is 0 Å². The molecule has 1 unspecified atom stereocenters. The van der Waals surface area contributed by atoms with Crippen LogP contribution in [0.5, 0.6) is 11.5 Å². The average Bonchev–Trinajstić information content (AvgIpc) is 3.34. The van der Waals surface area contributed by atoms with Crippen LogP contribution in [0.4, 0.5) is 10.2 Å². The molecule has 0 radical (unpaired) electrons. The van der Waals surface area contributed by atoms with Gasteiger partial charge in [-0.05, 0) is 47.5 Å². The molecule has 8 nitrogen and oxygen atoms in total. The van der Waals surface area contributed by atoms with E-state index >= 15 is 0 Å². The maximum atomic E-state index is 14.0. The lowest BCUT2D eigenvalue weighted by atomic mass is 9.87. The second-order valence-corrected chi connectivity index (χ2v) is 12.4. The quantitative estimate of drug-likeness (QED) is 0.274. The molecule has 1 aromatic heterocycles. The van der Waals surface area contributed by atoms with Crippen LogP contribution in [-0.2, 0) is 21.5 Å². The zero-order chi connectivity index (χ0) is 30.7. The number of rotatable bonds is 8. The fraction of sp³-hybridized carbons (Fsp3) is 0.303. The first-order valence-corrected chi connectivity index (χ1v) is 15.0. The summed E-state index contributed by atoms with van der Waals surface area (Å²) in [4.78, 5) is 28.7. The standard InChI is InChI=1S/C33H35FN4O4S/c1-33(2,3)31-29-30(22-11-16-25(41-4)26(17-22)42-5)43-20-28(40)37(19-27(39)35-18-21-9-7-6-8-10-21)32(29)38(36-31)24-14-12-23(34)13-15-24/h6-17,30H,18-20H2,1-5H3,(H,35,39). The van der Waals surface area contributed by atoms with Crippen LogP contribution in [0, 0.1) is 5.82 Å². The minimum atomic E-state index is -0.431. The maximum Gasteiger partial charge on any atom is 0.240 e. The number of fused-ring (bicyclic) bond motifs is 1. The smallest absolute Gasteiger partial charge is 0.240 e. The summed E-state index contributed by atoms with van der Waals surface area (Å²) in [5.74, 6) is 0.863. The summed E-state index contributed by atoms with van der Waals surface area (Å²) in [5, 5.41) is 7.66. The van der Waals surface area contributed by atoms with Crippen LogP contribution in [0.1, 0.15) is 48.4 Å². The number of hydrogen-bond donors (Lipinski definition) is 1. The molecular formula is C33H35FN4O4S. The van der Waals surface area contributed by atoms with E-state index in [1.807, 2.05) is 48.5 Å². The van der Waals surface area contributed by atoms with Crippen molar-refractivity contribution in [2.45, 2.75) is 38.0 Å². The maximum absolute atomic E-state index is 14.0. The molecule has 1 N–H and O–H groups in total. The lowest BCUT2D eigenvalue weighted by Crippen LogP contribution is -2.42. The van der Waals surface area contributed by atoms with Crippen molar-refractivity contribution in [3.05, 3.63) is 101 Å². The van der Waals surface area contributed by atoms with Crippen molar-refractivity contribution in [3.63, 3.8) is 0 Å². The molecule has 0 fully saturated rings. The van der Waals surface area contributed by atoms with Crippen LogP contribution in [0.3, 0.4) is 0 Å². The summed E-state index contributed by atoms with van der Waals surface area (Å²) in [5.41, 5.74) is 3.58. The number of halogens is 1. The lowest BCUT2D eigenvalue weighted by Gasteiger charge is -2.25. The molecular weight excluding hydrogens is 567 g/mol. The number of nitrogens with zero attached hydrogens (tertiary/aromatic N) is 3. The van der Waals surface area contributed by atoms with Gasteiger partial charge >= 0.3 is 0 Å². The third-order valence-corrected chi connectivity index (χ3v) is 8.47. The molecule has 0 spiro atoms. The van der Waals surface area contributed by atoms with Crippen molar-refractivity contribution in [2.75, 3.05) is 31.4 Å². The molecule has 1 aliphatic rings. The Labute approximate surface area is 255 Å². The van der Waals surface area contributed by atoms with Crippen molar-refractivity contribution >= 4 is 29.4 Å². The third-order valence-electron chi connectivity index (χ3n) is 7.22. The van der Waals surface area contributed by atoms with E-state index in [0.29, 0.717) is 29.5 Å². The summed E-state index contributed by atoms with van der Waals surface area (Å²) in [6.07, 6.45) is 0. The first kappa shape index (κ1) is 30.2. The SMILES string of the molecule is COc1ccc(C2SCC(=O)N(CC(=O)NCc3ccccc3)c3c2c(C(C)(C)C)nn3-c2ccc(F)cc2)cc1OC. The van der Waals surface area contributed by atoms with Gasteiger partial charge < -0.3 is 14.8 Å². The Hall–Kier alpha value is -4.31. The summed E-state index contributed by atoms with van der Waals surface area (Å²) in [6.45, 7) is 6.32. The Balaban J connectivity index is 1.67. The Kier molecular flexibility index (Phi) is 8.77. The van der Waals surface area contributed by atoms with Gasteiger partial charge in [0.05, 0.1) is 36.6 Å². The highest BCUT2D eigenvalue weighted by Gasteiger charge is 2.40. The van der Waals surface area contributed by atoms with E-state index in [2.05, 4.69) is 26.1 Å². The molecule has 0 bridgehead atoms. The number of aromatic nitrogens is 2. The van der Waals surface area contributed by atoms with Gasteiger partial charge in [0.15, 0.2) is 11.5 Å². The fourth-order valence-corrected chi connectivity index (χ4v) is 6.30. The summed E-state index contributed by atoms with van der Waals surface area (Å²) in [6, 6.07) is 21.3. The number of thioether (sulfide) groups is 1. The van der Waals surface area contributed by atoms with Crippen LogP contribution in [-0.4, -0.2) is 48.1 Å². The van der Waals surface area contributed by atoms with Gasteiger partial charge in [-0.15, -0.1) is 11.8 Å². The second-order valence-electron chi connectivity index (χ2n) is 11.3. The van der Waals surface area contributed by atoms with Crippen LogP contribution in [0.15, 0.2) is 72.8 Å². The molecule has 5 rings (SSSR count). The summed E-state index contributed by atoms with van der Waals surface area (Å²) in [7, 11) is 3.17. The highest BCUT2D eigenvalue weighted by Crippen LogP contribution is 2.49. The van der Waals surface area contributed by atoms with E-state index < -0.39 is 5.41 Å². The molecule has 1 aliphatic heterocycles. The van der Waals surface area contributed by atoms with E-state index in [1.54, 1.807) is 31.0 Å². The highest BCUT2D eigenvalue weighted by atomic mass is 32.2.